The molecule has 0 bridgehead atoms. The summed E-state index contributed by atoms with van der Waals surface area (Å²) >= 11 is 6.01. The maximum Gasteiger partial charge on any atom is 0.251 e. The lowest BCUT2D eigenvalue weighted by molar-refractivity contribution is -0.118. The van der Waals surface area contributed by atoms with Gasteiger partial charge in [-0.1, -0.05) is 11.6 Å². The predicted octanol–water partition coefficient (Wildman–Crippen LogP) is 3.06. The quantitative estimate of drug-likeness (QED) is 0.214. The fraction of sp³-hybridized carbons (Fsp3) is 0.208. The average molecular weight is 493 g/mol. The van der Waals surface area contributed by atoms with Crippen molar-refractivity contribution < 1.29 is 9.59 Å². The largest absolute Gasteiger partial charge is 0.368 e. The Balaban J connectivity index is 1.38. The van der Waals surface area contributed by atoms with E-state index in [1.54, 1.807) is 42.7 Å². The molecule has 2 heterocycles. The molecule has 35 heavy (non-hydrogen) atoms. The van der Waals surface area contributed by atoms with Gasteiger partial charge in [-0.2, -0.15) is 0 Å². The average Bonchev–Trinajstić information content (AvgIpc) is 3.33. The van der Waals surface area contributed by atoms with Crippen molar-refractivity contribution in [2.24, 2.45) is 0 Å². The fourth-order valence-electron chi connectivity index (χ4n) is 3.33. The molecule has 0 fully saturated rings. The van der Waals surface area contributed by atoms with E-state index in [0.717, 1.165) is 16.6 Å². The molecule has 2 amide bonds. The highest BCUT2D eigenvalue weighted by atomic mass is 35.5. The van der Waals surface area contributed by atoms with Gasteiger partial charge in [-0.05, 0) is 42.5 Å². The molecule has 10 nitrogen and oxygen atoms in total. The molecular formula is C24H25ClN8O2. The van der Waals surface area contributed by atoms with E-state index in [0.29, 0.717) is 54.2 Å². The van der Waals surface area contributed by atoms with Gasteiger partial charge in [0.2, 0.25) is 5.91 Å². The number of carbonyl (C=O) groups excluding carboxylic acids is 2. The summed E-state index contributed by atoms with van der Waals surface area (Å²) in [6, 6.07) is 14.3. The minimum Gasteiger partial charge on any atom is -0.368 e. The lowest BCUT2D eigenvalue weighted by Gasteiger charge is -2.12. The second-order valence-electron chi connectivity index (χ2n) is 7.70. The zero-order chi connectivity index (χ0) is 24.6. The van der Waals surface area contributed by atoms with Crippen molar-refractivity contribution in [1.82, 2.24) is 30.6 Å². The number of benzene rings is 2. The number of fused-ring (bicyclic) bond motifs is 1. The second-order valence-corrected chi connectivity index (χ2v) is 8.13. The number of carbonyl (C=O) groups is 2. The summed E-state index contributed by atoms with van der Waals surface area (Å²) in [5, 5.41) is 12.7. The highest BCUT2D eigenvalue weighted by Crippen LogP contribution is 2.22. The Hall–Kier alpha value is -4.18. The van der Waals surface area contributed by atoms with Crippen LogP contribution in [0.5, 0.6) is 0 Å². The second kappa shape index (κ2) is 11.3. The van der Waals surface area contributed by atoms with E-state index in [-0.39, 0.29) is 11.8 Å². The van der Waals surface area contributed by atoms with Gasteiger partial charge in [0.1, 0.15) is 11.6 Å². The number of halogens is 1. The number of H-pyrrole nitrogens is 1. The summed E-state index contributed by atoms with van der Waals surface area (Å²) in [6.45, 7) is 3.30. The van der Waals surface area contributed by atoms with Crippen LogP contribution in [0.4, 0.5) is 11.6 Å². The number of hydrogen-bond donors (Lipinski definition) is 5. The number of imidazole rings is 1. The Morgan fingerprint density at radius 2 is 1.57 bits per heavy atom. The van der Waals surface area contributed by atoms with Gasteiger partial charge in [-0.25, -0.2) is 15.0 Å². The molecule has 0 atom stereocenters. The molecule has 11 heteroatoms. The molecule has 180 valence electrons. The molecular weight excluding hydrogens is 468 g/mol. The van der Waals surface area contributed by atoms with Crippen molar-refractivity contribution in [3.05, 3.63) is 65.4 Å². The number of aromatic nitrogens is 4. The molecule has 0 saturated carbocycles. The van der Waals surface area contributed by atoms with Gasteiger partial charge in [0.25, 0.3) is 5.91 Å². The number of nitrogens with zero attached hydrogens (tertiary/aromatic N) is 3. The number of nitrogens with one attached hydrogen (secondary N) is 5. The molecule has 0 aliphatic rings. The predicted molar refractivity (Wildman–Crippen MR) is 137 cm³/mol. The zero-order valence-corrected chi connectivity index (χ0v) is 19.8. The smallest absolute Gasteiger partial charge is 0.251 e. The first kappa shape index (κ1) is 24.0. The van der Waals surface area contributed by atoms with E-state index >= 15 is 0 Å². The maximum atomic E-state index is 12.5. The first-order valence-electron chi connectivity index (χ1n) is 11.1. The number of hydrogen-bond acceptors (Lipinski definition) is 7. The molecule has 0 saturated heterocycles. The molecule has 0 aliphatic carbocycles. The molecule has 0 spiro atoms. The molecule has 0 unspecified atom stereocenters. The molecule has 5 N–H and O–H groups in total. The van der Waals surface area contributed by atoms with Gasteiger partial charge >= 0.3 is 0 Å². The number of amides is 2. The van der Waals surface area contributed by atoms with E-state index in [1.807, 2.05) is 12.1 Å². The van der Waals surface area contributed by atoms with Crippen LogP contribution in [0.2, 0.25) is 5.02 Å². The normalized spacial score (nSPS) is 10.7. The minimum absolute atomic E-state index is 0.0924. The Kier molecular flexibility index (Phi) is 7.74. The third-order valence-electron chi connectivity index (χ3n) is 5.03. The van der Waals surface area contributed by atoms with E-state index in [9.17, 15) is 9.59 Å². The van der Waals surface area contributed by atoms with Crippen LogP contribution in [-0.4, -0.2) is 57.9 Å². The lowest BCUT2D eigenvalue weighted by Crippen LogP contribution is -2.29. The summed E-state index contributed by atoms with van der Waals surface area (Å²) in [7, 11) is 0. The zero-order valence-electron chi connectivity index (χ0n) is 19.1. The van der Waals surface area contributed by atoms with Crippen LogP contribution in [0.15, 0.2) is 54.9 Å². The molecule has 4 aromatic rings. The standard InChI is InChI=1S/C24H25ClN8O2/c1-15(34)26-8-9-27-21-13-22(33-23(32-21)16-2-5-18(25)6-3-16)28-10-11-29-24(35)17-4-7-19-20(12-17)31-14-30-19/h2-7,12-14H,8-11H2,1H3,(H,26,34)(H,29,35)(H,30,31)(H2,27,28,32,33). The highest BCUT2D eigenvalue weighted by Gasteiger charge is 2.09. The summed E-state index contributed by atoms with van der Waals surface area (Å²) in [6.07, 6.45) is 1.60. The van der Waals surface area contributed by atoms with Gasteiger partial charge in [0, 0.05) is 55.3 Å². The SMILES string of the molecule is CC(=O)NCCNc1cc(NCCNC(=O)c2ccc3nc[nH]c3c2)nc(-c2ccc(Cl)cc2)n1. The number of anilines is 2. The molecule has 2 aromatic carbocycles. The highest BCUT2D eigenvalue weighted by molar-refractivity contribution is 6.30. The van der Waals surface area contributed by atoms with E-state index in [2.05, 4.69) is 41.2 Å². The number of aromatic amines is 1. The summed E-state index contributed by atoms with van der Waals surface area (Å²) in [4.78, 5) is 39.9. The minimum atomic E-state index is -0.173. The Morgan fingerprint density at radius 1 is 0.886 bits per heavy atom. The Morgan fingerprint density at radius 3 is 2.26 bits per heavy atom. The first-order chi connectivity index (χ1) is 17.0. The van der Waals surface area contributed by atoms with E-state index in [4.69, 9.17) is 11.6 Å². The summed E-state index contributed by atoms with van der Waals surface area (Å²) in [5.74, 6) is 1.46. The van der Waals surface area contributed by atoms with Crippen LogP contribution < -0.4 is 21.3 Å². The first-order valence-corrected chi connectivity index (χ1v) is 11.4. The van der Waals surface area contributed by atoms with Crippen LogP contribution in [0.3, 0.4) is 0 Å². The van der Waals surface area contributed by atoms with Crippen molar-refractivity contribution >= 4 is 46.1 Å². The van der Waals surface area contributed by atoms with Gasteiger partial charge in [0.15, 0.2) is 5.82 Å². The van der Waals surface area contributed by atoms with Crippen molar-refractivity contribution in [2.45, 2.75) is 6.92 Å². The van der Waals surface area contributed by atoms with Crippen LogP contribution in [0, 0.1) is 0 Å². The van der Waals surface area contributed by atoms with Gasteiger partial charge in [0.05, 0.1) is 17.4 Å². The van der Waals surface area contributed by atoms with Gasteiger partial charge in [-0.3, -0.25) is 9.59 Å². The van der Waals surface area contributed by atoms with Crippen LogP contribution in [0.25, 0.3) is 22.4 Å². The lowest BCUT2D eigenvalue weighted by atomic mass is 10.2. The molecule has 2 aromatic heterocycles. The van der Waals surface area contributed by atoms with E-state index in [1.165, 1.54) is 6.92 Å². The monoisotopic (exact) mass is 492 g/mol. The van der Waals surface area contributed by atoms with Crippen molar-refractivity contribution in [1.29, 1.82) is 0 Å². The molecule has 0 radical (unpaired) electrons. The van der Waals surface area contributed by atoms with Crippen molar-refractivity contribution in [3.8, 4) is 11.4 Å². The molecule has 4 rings (SSSR count). The van der Waals surface area contributed by atoms with Crippen molar-refractivity contribution in [3.63, 3.8) is 0 Å². The Labute approximate surface area is 206 Å². The molecule has 0 aliphatic heterocycles. The van der Waals surface area contributed by atoms with E-state index < -0.39 is 0 Å². The van der Waals surface area contributed by atoms with Crippen LogP contribution >= 0.6 is 11.6 Å². The third kappa shape index (κ3) is 6.67. The van der Waals surface area contributed by atoms with Crippen LogP contribution in [0.1, 0.15) is 17.3 Å². The van der Waals surface area contributed by atoms with Gasteiger partial charge in [-0.15, -0.1) is 0 Å². The summed E-state index contributed by atoms with van der Waals surface area (Å²) < 4.78 is 0. The maximum absolute atomic E-state index is 12.5. The number of rotatable bonds is 10. The third-order valence-corrected chi connectivity index (χ3v) is 5.28. The summed E-state index contributed by atoms with van der Waals surface area (Å²) in [5.41, 5.74) is 2.99. The fourth-order valence-corrected chi connectivity index (χ4v) is 3.46. The van der Waals surface area contributed by atoms with Crippen molar-refractivity contribution in [2.75, 3.05) is 36.8 Å². The van der Waals surface area contributed by atoms with Gasteiger partial charge < -0.3 is 26.3 Å². The Bertz CT molecular complexity index is 1320. The van der Waals surface area contributed by atoms with Crippen LogP contribution in [-0.2, 0) is 4.79 Å². The topological polar surface area (TPSA) is 137 Å².